The molecule has 1 aliphatic carbocycles. The van der Waals surface area contributed by atoms with Crippen molar-refractivity contribution in [3.8, 4) is 11.5 Å². The smallest absolute Gasteiger partial charge is 0.303 e. The van der Waals surface area contributed by atoms with Gasteiger partial charge in [0.2, 0.25) is 0 Å². The van der Waals surface area contributed by atoms with Crippen molar-refractivity contribution in [2.45, 2.75) is 31.8 Å². The molecule has 0 heterocycles. The van der Waals surface area contributed by atoms with Crippen LogP contribution in [0.25, 0.3) is 0 Å². The van der Waals surface area contributed by atoms with Crippen LogP contribution in [0.2, 0.25) is 0 Å². The molecule has 23 heavy (non-hydrogen) atoms. The number of ether oxygens (including phenoxy) is 1. The summed E-state index contributed by atoms with van der Waals surface area (Å²) in [6.07, 6.45) is 2.08. The third-order valence-corrected chi connectivity index (χ3v) is 4.25. The van der Waals surface area contributed by atoms with Gasteiger partial charge in [-0.3, -0.25) is 4.79 Å². The summed E-state index contributed by atoms with van der Waals surface area (Å²) in [6.45, 7) is 0.366. The number of rotatable bonds is 7. The summed E-state index contributed by atoms with van der Waals surface area (Å²) < 4.78 is 5.72. The number of para-hydroxylation sites is 1. The van der Waals surface area contributed by atoms with Gasteiger partial charge >= 0.3 is 5.97 Å². The Kier molecular flexibility index (Phi) is 4.51. The maximum Gasteiger partial charge on any atom is 0.303 e. The number of aromatic hydroxyl groups is 1. The summed E-state index contributed by atoms with van der Waals surface area (Å²) in [5, 5.41) is 19.6. The summed E-state index contributed by atoms with van der Waals surface area (Å²) in [7, 11) is 0. The van der Waals surface area contributed by atoms with Crippen molar-refractivity contribution in [1.82, 2.24) is 0 Å². The minimum Gasteiger partial charge on any atom is -0.504 e. The normalized spacial score (nSPS) is 15.1. The number of benzene rings is 2. The Bertz CT molecular complexity index is 677. The molecule has 0 radical (unpaired) electrons. The SMILES string of the molecule is O=C(O)CC(c1cccc(OCc2ccccc2)c1O)C1CC1. The fraction of sp³-hybridized carbons (Fsp3) is 0.316. The number of phenolic OH excluding ortho intramolecular Hbond substituents is 1. The number of hydrogen-bond donors (Lipinski definition) is 2. The van der Waals surface area contributed by atoms with Crippen LogP contribution in [0, 0.1) is 5.92 Å². The molecular weight excluding hydrogens is 292 g/mol. The maximum absolute atomic E-state index is 11.1. The molecule has 2 N–H and O–H groups in total. The lowest BCUT2D eigenvalue weighted by Gasteiger charge is -2.18. The molecule has 2 aromatic rings. The predicted octanol–water partition coefficient (Wildman–Crippen LogP) is 3.94. The second kappa shape index (κ2) is 6.73. The summed E-state index contributed by atoms with van der Waals surface area (Å²) >= 11 is 0. The van der Waals surface area contributed by atoms with E-state index in [1.807, 2.05) is 36.4 Å². The molecule has 1 aliphatic rings. The topological polar surface area (TPSA) is 66.8 Å². The molecule has 0 aromatic heterocycles. The minimum absolute atomic E-state index is 0.0420. The molecule has 1 fully saturated rings. The number of carboxylic acid groups (broad SMARTS) is 1. The van der Waals surface area contributed by atoms with Crippen molar-refractivity contribution in [2.24, 2.45) is 5.92 Å². The first-order valence-corrected chi connectivity index (χ1v) is 7.85. The number of aliphatic carboxylic acids is 1. The molecule has 0 spiro atoms. The minimum atomic E-state index is -0.836. The molecule has 4 nitrogen and oxygen atoms in total. The van der Waals surface area contributed by atoms with Crippen LogP contribution in [-0.4, -0.2) is 16.2 Å². The van der Waals surface area contributed by atoms with Crippen LogP contribution in [0.1, 0.15) is 36.3 Å². The van der Waals surface area contributed by atoms with E-state index < -0.39 is 5.97 Å². The maximum atomic E-state index is 11.1. The highest BCUT2D eigenvalue weighted by molar-refractivity contribution is 5.68. The quantitative estimate of drug-likeness (QED) is 0.812. The third-order valence-electron chi connectivity index (χ3n) is 4.25. The summed E-state index contributed by atoms with van der Waals surface area (Å²) in [5.41, 5.74) is 1.70. The van der Waals surface area contributed by atoms with E-state index in [0.29, 0.717) is 23.8 Å². The molecule has 3 rings (SSSR count). The van der Waals surface area contributed by atoms with Crippen LogP contribution in [-0.2, 0) is 11.4 Å². The van der Waals surface area contributed by atoms with E-state index in [1.165, 1.54) is 0 Å². The highest BCUT2D eigenvalue weighted by Gasteiger charge is 2.35. The first-order valence-electron chi connectivity index (χ1n) is 7.85. The van der Waals surface area contributed by atoms with Gasteiger partial charge in [0.15, 0.2) is 11.5 Å². The molecule has 1 atom stereocenters. The molecule has 2 aromatic carbocycles. The highest BCUT2D eigenvalue weighted by atomic mass is 16.5. The summed E-state index contributed by atoms with van der Waals surface area (Å²) in [4.78, 5) is 11.1. The fourth-order valence-corrected chi connectivity index (χ4v) is 2.91. The van der Waals surface area contributed by atoms with Crippen molar-refractivity contribution >= 4 is 5.97 Å². The van der Waals surface area contributed by atoms with Gasteiger partial charge in [0.1, 0.15) is 6.61 Å². The summed E-state index contributed by atoms with van der Waals surface area (Å²) in [6, 6.07) is 15.1. The number of phenols is 1. The third kappa shape index (κ3) is 3.83. The van der Waals surface area contributed by atoms with Gasteiger partial charge in [0.05, 0.1) is 6.42 Å². The lowest BCUT2D eigenvalue weighted by atomic mass is 9.90. The Morgan fingerprint density at radius 2 is 1.87 bits per heavy atom. The van der Waals surface area contributed by atoms with E-state index in [0.717, 1.165) is 18.4 Å². The second-order valence-electron chi connectivity index (χ2n) is 6.01. The monoisotopic (exact) mass is 312 g/mol. The second-order valence-corrected chi connectivity index (χ2v) is 6.01. The van der Waals surface area contributed by atoms with E-state index in [1.54, 1.807) is 12.1 Å². The van der Waals surface area contributed by atoms with Crippen LogP contribution in [0.15, 0.2) is 48.5 Å². The zero-order valence-electron chi connectivity index (χ0n) is 12.8. The molecule has 0 aliphatic heterocycles. The zero-order valence-corrected chi connectivity index (χ0v) is 12.8. The van der Waals surface area contributed by atoms with Crippen molar-refractivity contribution in [2.75, 3.05) is 0 Å². The molecule has 1 saturated carbocycles. The highest BCUT2D eigenvalue weighted by Crippen LogP contribution is 2.48. The first kappa shape index (κ1) is 15.4. The largest absolute Gasteiger partial charge is 0.504 e. The lowest BCUT2D eigenvalue weighted by Crippen LogP contribution is -2.09. The Hall–Kier alpha value is -2.49. The van der Waals surface area contributed by atoms with E-state index in [2.05, 4.69) is 0 Å². The fourth-order valence-electron chi connectivity index (χ4n) is 2.91. The Balaban J connectivity index is 1.78. The van der Waals surface area contributed by atoms with Gasteiger partial charge in [0, 0.05) is 11.5 Å². The van der Waals surface area contributed by atoms with Gasteiger partial charge in [0.25, 0.3) is 0 Å². The predicted molar refractivity (Wildman–Crippen MR) is 86.6 cm³/mol. The molecular formula is C19H20O4. The standard InChI is InChI=1S/C19H20O4/c20-18(21)11-16(14-9-10-14)15-7-4-8-17(19(15)22)23-12-13-5-2-1-3-6-13/h1-8,14,16,22H,9-12H2,(H,20,21). The molecule has 0 amide bonds. The Morgan fingerprint density at radius 1 is 1.13 bits per heavy atom. The molecule has 0 bridgehead atoms. The first-order chi connectivity index (χ1) is 11.1. The number of carboxylic acids is 1. The van der Waals surface area contributed by atoms with Crippen LogP contribution in [0.4, 0.5) is 0 Å². The van der Waals surface area contributed by atoms with Crippen LogP contribution in [0.3, 0.4) is 0 Å². The van der Waals surface area contributed by atoms with Crippen molar-refractivity contribution in [3.63, 3.8) is 0 Å². The molecule has 4 heteroatoms. The van der Waals surface area contributed by atoms with Crippen molar-refractivity contribution < 1.29 is 19.7 Å². The summed E-state index contributed by atoms with van der Waals surface area (Å²) in [5.74, 6) is -0.157. The molecule has 1 unspecified atom stereocenters. The zero-order chi connectivity index (χ0) is 16.2. The van der Waals surface area contributed by atoms with Gasteiger partial charge in [-0.15, -0.1) is 0 Å². The average Bonchev–Trinajstić information content (AvgIpc) is 3.38. The average molecular weight is 312 g/mol. The van der Waals surface area contributed by atoms with E-state index in [4.69, 9.17) is 9.84 Å². The van der Waals surface area contributed by atoms with E-state index in [-0.39, 0.29) is 18.1 Å². The lowest BCUT2D eigenvalue weighted by molar-refractivity contribution is -0.137. The Labute approximate surface area is 135 Å². The molecule has 0 saturated heterocycles. The van der Waals surface area contributed by atoms with E-state index >= 15 is 0 Å². The van der Waals surface area contributed by atoms with Crippen LogP contribution < -0.4 is 4.74 Å². The van der Waals surface area contributed by atoms with Crippen LogP contribution in [0.5, 0.6) is 11.5 Å². The number of carbonyl (C=O) groups is 1. The van der Waals surface area contributed by atoms with Gasteiger partial charge in [-0.05, 0) is 30.4 Å². The van der Waals surface area contributed by atoms with Crippen LogP contribution >= 0.6 is 0 Å². The van der Waals surface area contributed by atoms with Gasteiger partial charge in [-0.1, -0.05) is 42.5 Å². The van der Waals surface area contributed by atoms with Crippen molar-refractivity contribution in [3.05, 3.63) is 59.7 Å². The Morgan fingerprint density at radius 3 is 2.52 bits per heavy atom. The molecule has 120 valence electrons. The van der Waals surface area contributed by atoms with Gasteiger partial charge < -0.3 is 14.9 Å². The van der Waals surface area contributed by atoms with E-state index in [9.17, 15) is 9.90 Å². The van der Waals surface area contributed by atoms with Crippen molar-refractivity contribution in [1.29, 1.82) is 0 Å². The number of hydrogen-bond acceptors (Lipinski definition) is 3. The van der Waals surface area contributed by atoms with Gasteiger partial charge in [-0.2, -0.15) is 0 Å². The van der Waals surface area contributed by atoms with Gasteiger partial charge in [-0.25, -0.2) is 0 Å².